The molecule has 2 aromatic rings. The first kappa shape index (κ1) is 29.7. The standard InChI is InChI=1S/C31H41FN4O4/c1-23(2)33-14-6-15-36(30(38)22-40-3)28-8-5-4-7-25(28)20-35(18-17-33)31(39)26-19-29(37)34(21-26)16-13-24-9-11-27(32)12-10-24/h4-5,7-12,23,26H,6,13-22H2,1-3H3. The van der Waals surface area contributed by atoms with Crippen molar-refractivity contribution in [1.29, 1.82) is 0 Å². The second-order valence-electron chi connectivity index (χ2n) is 11.0. The first-order valence-electron chi connectivity index (χ1n) is 14.2. The second kappa shape index (κ2) is 13.9. The molecule has 2 heterocycles. The molecule has 0 spiro atoms. The lowest BCUT2D eigenvalue weighted by Gasteiger charge is -2.31. The molecule has 0 bridgehead atoms. The zero-order valence-corrected chi connectivity index (χ0v) is 23.9. The van der Waals surface area contributed by atoms with Crippen LogP contribution in [0.1, 0.15) is 37.8 Å². The first-order chi connectivity index (χ1) is 19.3. The van der Waals surface area contributed by atoms with Crippen LogP contribution in [0.5, 0.6) is 0 Å². The number of likely N-dealkylation sites (tertiary alicyclic amines) is 1. The van der Waals surface area contributed by atoms with Gasteiger partial charge in [-0.25, -0.2) is 4.39 Å². The first-order valence-corrected chi connectivity index (χ1v) is 14.2. The minimum Gasteiger partial charge on any atom is -0.375 e. The van der Waals surface area contributed by atoms with Crippen molar-refractivity contribution in [3.05, 3.63) is 65.5 Å². The Hall–Kier alpha value is -3.30. The van der Waals surface area contributed by atoms with E-state index in [9.17, 15) is 18.8 Å². The van der Waals surface area contributed by atoms with Gasteiger partial charge in [-0.15, -0.1) is 0 Å². The Morgan fingerprint density at radius 2 is 1.77 bits per heavy atom. The van der Waals surface area contributed by atoms with Crippen molar-refractivity contribution < 1.29 is 23.5 Å². The Morgan fingerprint density at radius 3 is 2.50 bits per heavy atom. The van der Waals surface area contributed by atoms with Gasteiger partial charge in [-0.05, 0) is 56.0 Å². The molecule has 8 nitrogen and oxygen atoms in total. The number of rotatable bonds is 7. The SMILES string of the molecule is COCC(=O)N1CCCN(C(C)C)CCN(C(=O)C2CC(=O)N(CCc3ccc(F)cc3)C2)Cc2ccccc21. The minimum atomic E-state index is -0.420. The zero-order valence-electron chi connectivity index (χ0n) is 23.9. The van der Waals surface area contributed by atoms with Crippen LogP contribution in [0, 0.1) is 11.7 Å². The molecule has 2 aliphatic rings. The molecule has 2 aliphatic heterocycles. The second-order valence-corrected chi connectivity index (χ2v) is 11.0. The van der Waals surface area contributed by atoms with Crippen LogP contribution in [-0.2, 0) is 32.1 Å². The number of nitrogens with zero attached hydrogens (tertiary/aromatic N) is 4. The molecule has 0 aliphatic carbocycles. The fourth-order valence-corrected chi connectivity index (χ4v) is 5.60. The average molecular weight is 553 g/mol. The third kappa shape index (κ3) is 7.46. The third-order valence-corrected chi connectivity index (χ3v) is 7.89. The smallest absolute Gasteiger partial charge is 0.252 e. The van der Waals surface area contributed by atoms with Gasteiger partial charge >= 0.3 is 0 Å². The lowest BCUT2D eigenvalue weighted by Crippen LogP contribution is -2.43. The molecule has 2 aromatic carbocycles. The van der Waals surface area contributed by atoms with E-state index in [0.29, 0.717) is 51.7 Å². The van der Waals surface area contributed by atoms with Gasteiger partial charge in [-0.3, -0.25) is 19.3 Å². The highest BCUT2D eigenvalue weighted by atomic mass is 19.1. The van der Waals surface area contributed by atoms with Crippen molar-refractivity contribution >= 4 is 23.4 Å². The molecule has 0 N–H and O–H groups in total. The summed E-state index contributed by atoms with van der Waals surface area (Å²) in [5, 5.41) is 0. The van der Waals surface area contributed by atoms with E-state index in [1.54, 1.807) is 21.9 Å². The number of halogens is 1. The lowest BCUT2D eigenvalue weighted by atomic mass is 10.1. The highest BCUT2D eigenvalue weighted by Crippen LogP contribution is 2.27. The number of hydrogen-bond acceptors (Lipinski definition) is 5. The molecule has 216 valence electrons. The van der Waals surface area contributed by atoms with Crippen molar-refractivity contribution in [2.75, 3.05) is 57.9 Å². The van der Waals surface area contributed by atoms with Gasteiger partial charge in [-0.1, -0.05) is 30.3 Å². The quantitative estimate of drug-likeness (QED) is 0.527. The van der Waals surface area contributed by atoms with Gasteiger partial charge in [0.25, 0.3) is 5.91 Å². The zero-order chi connectivity index (χ0) is 28.6. The molecule has 3 amide bonds. The van der Waals surface area contributed by atoms with E-state index in [0.717, 1.165) is 29.8 Å². The lowest BCUT2D eigenvalue weighted by molar-refractivity contribution is -0.136. The van der Waals surface area contributed by atoms with Crippen LogP contribution in [0.25, 0.3) is 0 Å². The summed E-state index contributed by atoms with van der Waals surface area (Å²) in [7, 11) is 1.52. The summed E-state index contributed by atoms with van der Waals surface area (Å²) in [5.41, 5.74) is 2.65. The number of carbonyl (C=O) groups excluding carboxylic acids is 3. The van der Waals surface area contributed by atoms with Crippen molar-refractivity contribution in [2.24, 2.45) is 5.92 Å². The van der Waals surface area contributed by atoms with Crippen molar-refractivity contribution in [1.82, 2.24) is 14.7 Å². The van der Waals surface area contributed by atoms with Gasteiger partial charge < -0.3 is 19.4 Å². The summed E-state index contributed by atoms with van der Waals surface area (Å²) in [4.78, 5) is 47.6. The monoisotopic (exact) mass is 552 g/mol. The fraction of sp³-hybridized carbons (Fsp3) is 0.516. The van der Waals surface area contributed by atoms with E-state index in [2.05, 4.69) is 18.7 Å². The number of para-hydroxylation sites is 1. The van der Waals surface area contributed by atoms with Crippen molar-refractivity contribution in [3.8, 4) is 0 Å². The van der Waals surface area contributed by atoms with Crippen LogP contribution in [0.4, 0.5) is 10.1 Å². The Morgan fingerprint density at radius 1 is 1.02 bits per heavy atom. The Labute approximate surface area is 236 Å². The van der Waals surface area contributed by atoms with E-state index < -0.39 is 5.92 Å². The molecule has 0 saturated carbocycles. The van der Waals surface area contributed by atoms with E-state index in [1.165, 1.54) is 19.2 Å². The van der Waals surface area contributed by atoms with Crippen LogP contribution < -0.4 is 4.90 Å². The van der Waals surface area contributed by atoms with E-state index in [4.69, 9.17) is 4.74 Å². The molecular weight excluding hydrogens is 511 g/mol. The van der Waals surface area contributed by atoms with E-state index in [1.807, 2.05) is 29.2 Å². The number of benzene rings is 2. The molecule has 1 fully saturated rings. The molecule has 0 radical (unpaired) electrons. The minimum absolute atomic E-state index is 0.0111. The number of amides is 3. The molecule has 40 heavy (non-hydrogen) atoms. The van der Waals surface area contributed by atoms with Crippen LogP contribution in [-0.4, -0.2) is 91.4 Å². The highest BCUT2D eigenvalue weighted by molar-refractivity contribution is 5.95. The number of fused-ring (bicyclic) bond motifs is 1. The van der Waals surface area contributed by atoms with Crippen molar-refractivity contribution in [2.45, 2.75) is 45.7 Å². The summed E-state index contributed by atoms with van der Waals surface area (Å²) in [6, 6.07) is 14.3. The normalized spacial score (nSPS) is 19.1. The maximum Gasteiger partial charge on any atom is 0.252 e. The third-order valence-electron chi connectivity index (χ3n) is 7.89. The summed E-state index contributed by atoms with van der Waals surface area (Å²) in [6.07, 6.45) is 1.60. The number of methoxy groups -OCH3 is 1. The maximum absolute atomic E-state index is 13.9. The molecular formula is C31H41FN4O4. The number of ether oxygens (including phenoxy) is 1. The predicted octanol–water partition coefficient (Wildman–Crippen LogP) is 3.34. The summed E-state index contributed by atoms with van der Waals surface area (Å²) in [6.45, 7) is 8.13. The average Bonchev–Trinajstić information content (AvgIpc) is 3.30. The number of carbonyl (C=O) groups is 3. The van der Waals surface area contributed by atoms with Gasteiger partial charge in [0.15, 0.2) is 0 Å². The summed E-state index contributed by atoms with van der Waals surface area (Å²) in [5.74, 6) is -0.881. The van der Waals surface area contributed by atoms with Crippen molar-refractivity contribution in [3.63, 3.8) is 0 Å². The molecule has 9 heteroatoms. The Bertz CT molecular complexity index is 1170. The molecule has 1 unspecified atom stereocenters. The molecule has 1 saturated heterocycles. The number of hydrogen-bond donors (Lipinski definition) is 0. The predicted molar refractivity (Wildman–Crippen MR) is 152 cm³/mol. The largest absolute Gasteiger partial charge is 0.375 e. The van der Waals surface area contributed by atoms with Crippen LogP contribution in [0.2, 0.25) is 0 Å². The van der Waals surface area contributed by atoms with E-state index >= 15 is 0 Å². The molecule has 1 atom stereocenters. The van der Waals surface area contributed by atoms with Gasteiger partial charge in [0, 0.05) is 71.1 Å². The van der Waals surface area contributed by atoms with Gasteiger partial charge in [0.1, 0.15) is 12.4 Å². The summed E-state index contributed by atoms with van der Waals surface area (Å²) < 4.78 is 18.4. The fourth-order valence-electron chi connectivity index (χ4n) is 5.60. The Balaban J connectivity index is 1.53. The maximum atomic E-state index is 13.9. The van der Waals surface area contributed by atoms with Gasteiger partial charge in [0.2, 0.25) is 11.8 Å². The van der Waals surface area contributed by atoms with E-state index in [-0.39, 0.29) is 36.6 Å². The van der Waals surface area contributed by atoms with Crippen LogP contribution in [0.15, 0.2) is 48.5 Å². The Kier molecular flexibility index (Phi) is 10.3. The van der Waals surface area contributed by atoms with Gasteiger partial charge in [0.05, 0.1) is 5.92 Å². The van der Waals surface area contributed by atoms with Crippen LogP contribution in [0.3, 0.4) is 0 Å². The molecule has 0 aromatic heterocycles. The summed E-state index contributed by atoms with van der Waals surface area (Å²) >= 11 is 0. The number of anilines is 1. The molecule has 4 rings (SSSR count). The van der Waals surface area contributed by atoms with Gasteiger partial charge in [-0.2, -0.15) is 0 Å². The van der Waals surface area contributed by atoms with Crippen LogP contribution >= 0.6 is 0 Å². The highest BCUT2D eigenvalue weighted by Gasteiger charge is 2.37. The topological polar surface area (TPSA) is 73.4 Å².